The van der Waals surface area contributed by atoms with E-state index in [1.807, 2.05) is 66.0 Å². The van der Waals surface area contributed by atoms with Crippen molar-refractivity contribution in [1.82, 2.24) is 9.55 Å². The van der Waals surface area contributed by atoms with Crippen LogP contribution in [0.2, 0.25) is 0 Å². The third-order valence-corrected chi connectivity index (χ3v) is 5.30. The van der Waals surface area contributed by atoms with E-state index in [9.17, 15) is 4.79 Å². The summed E-state index contributed by atoms with van der Waals surface area (Å²) in [6.45, 7) is 0. The fraction of sp³-hybridized carbons (Fsp3) is 0.0909. The van der Waals surface area contributed by atoms with Gasteiger partial charge in [-0.1, -0.05) is 6.07 Å². The van der Waals surface area contributed by atoms with E-state index >= 15 is 0 Å². The number of methoxy groups -OCH3 is 2. The number of nitrogens with zero attached hydrogens (tertiary/aromatic N) is 2. The molecular formula is C22H18N2O3S. The van der Waals surface area contributed by atoms with Crippen molar-refractivity contribution in [3.05, 3.63) is 77.2 Å². The van der Waals surface area contributed by atoms with E-state index in [0.29, 0.717) is 4.88 Å². The molecule has 0 saturated heterocycles. The molecular weight excluding hydrogens is 372 g/mol. The lowest BCUT2D eigenvalue weighted by atomic mass is 10.0. The standard InChI is InChI=1S/C22H18N2O3S/c1-26-17-9-5-15(6-10-17)20-21(16-7-11-18(27-2)12-8-16)24(14-23-20)22(25)19-4-3-13-28-19/h3-14H,1-2H3. The van der Waals surface area contributed by atoms with Gasteiger partial charge >= 0.3 is 0 Å². The number of benzene rings is 2. The lowest BCUT2D eigenvalue weighted by Crippen LogP contribution is -2.10. The molecule has 4 aromatic rings. The molecule has 0 aliphatic heterocycles. The lowest BCUT2D eigenvalue weighted by Gasteiger charge is -2.10. The highest BCUT2D eigenvalue weighted by Crippen LogP contribution is 2.33. The highest BCUT2D eigenvalue weighted by atomic mass is 32.1. The van der Waals surface area contributed by atoms with Gasteiger partial charge in [0.15, 0.2) is 0 Å². The van der Waals surface area contributed by atoms with E-state index in [2.05, 4.69) is 4.98 Å². The summed E-state index contributed by atoms with van der Waals surface area (Å²) in [7, 11) is 3.26. The second kappa shape index (κ2) is 7.70. The summed E-state index contributed by atoms with van der Waals surface area (Å²) in [6, 6.07) is 18.9. The van der Waals surface area contributed by atoms with Crippen molar-refractivity contribution < 1.29 is 14.3 Å². The highest BCUT2D eigenvalue weighted by molar-refractivity contribution is 7.12. The zero-order valence-corrected chi connectivity index (χ0v) is 16.3. The molecule has 0 saturated carbocycles. The number of carbonyl (C=O) groups excluding carboxylic acids is 1. The molecule has 0 N–H and O–H groups in total. The van der Waals surface area contributed by atoms with Crippen molar-refractivity contribution in [2.45, 2.75) is 0 Å². The first-order chi connectivity index (χ1) is 13.7. The van der Waals surface area contributed by atoms with Crippen LogP contribution < -0.4 is 9.47 Å². The molecule has 0 bridgehead atoms. The Bertz CT molecular complexity index is 1080. The molecule has 5 nitrogen and oxygen atoms in total. The van der Waals surface area contributed by atoms with E-state index in [1.165, 1.54) is 11.3 Å². The van der Waals surface area contributed by atoms with Gasteiger partial charge in [0, 0.05) is 11.1 Å². The number of aromatic nitrogens is 2. The smallest absolute Gasteiger partial charge is 0.273 e. The van der Waals surface area contributed by atoms with Crippen LogP contribution in [-0.2, 0) is 0 Å². The second-order valence-electron chi connectivity index (χ2n) is 6.05. The fourth-order valence-corrected chi connectivity index (χ4v) is 3.67. The van der Waals surface area contributed by atoms with E-state index < -0.39 is 0 Å². The van der Waals surface area contributed by atoms with Crippen LogP contribution in [0.4, 0.5) is 0 Å². The van der Waals surface area contributed by atoms with Crippen LogP contribution in [0.3, 0.4) is 0 Å². The summed E-state index contributed by atoms with van der Waals surface area (Å²) in [5, 5.41) is 1.89. The minimum absolute atomic E-state index is 0.104. The Labute approximate surface area is 166 Å². The minimum Gasteiger partial charge on any atom is -0.497 e. The van der Waals surface area contributed by atoms with Gasteiger partial charge in [-0.15, -0.1) is 11.3 Å². The maximum atomic E-state index is 13.1. The van der Waals surface area contributed by atoms with Crippen molar-refractivity contribution in [2.24, 2.45) is 0 Å². The zero-order valence-electron chi connectivity index (χ0n) is 15.5. The predicted molar refractivity (Wildman–Crippen MR) is 110 cm³/mol. The topological polar surface area (TPSA) is 53.4 Å². The lowest BCUT2D eigenvalue weighted by molar-refractivity contribution is 0.0965. The molecule has 0 radical (unpaired) electrons. The van der Waals surface area contributed by atoms with Crippen molar-refractivity contribution in [2.75, 3.05) is 14.2 Å². The van der Waals surface area contributed by atoms with Crippen molar-refractivity contribution in [3.63, 3.8) is 0 Å². The molecule has 140 valence electrons. The number of imidazole rings is 1. The summed E-state index contributed by atoms with van der Waals surface area (Å²) in [5.74, 6) is 1.42. The van der Waals surface area contributed by atoms with Crippen LogP contribution in [0.15, 0.2) is 72.4 Å². The van der Waals surface area contributed by atoms with E-state index in [-0.39, 0.29) is 5.91 Å². The maximum absolute atomic E-state index is 13.1. The molecule has 0 aliphatic rings. The van der Waals surface area contributed by atoms with Gasteiger partial charge in [-0.25, -0.2) is 4.98 Å². The van der Waals surface area contributed by atoms with Crippen molar-refractivity contribution in [1.29, 1.82) is 0 Å². The Morgan fingerprint density at radius 1 is 0.893 bits per heavy atom. The van der Waals surface area contributed by atoms with Crippen LogP contribution in [0, 0.1) is 0 Å². The number of carbonyl (C=O) groups is 1. The molecule has 0 aliphatic carbocycles. The average Bonchev–Trinajstić information content (AvgIpc) is 3.44. The van der Waals surface area contributed by atoms with Crippen LogP contribution in [0.25, 0.3) is 22.5 Å². The Kier molecular flexibility index (Phi) is 4.95. The van der Waals surface area contributed by atoms with E-state index in [1.54, 1.807) is 25.1 Å². The SMILES string of the molecule is COc1ccc(-c2ncn(C(=O)c3cccs3)c2-c2ccc(OC)cc2)cc1. The van der Waals surface area contributed by atoms with Gasteiger partial charge in [0.05, 0.1) is 30.5 Å². The third kappa shape index (κ3) is 3.30. The number of thiophene rings is 1. The first kappa shape index (κ1) is 18.0. The summed E-state index contributed by atoms with van der Waals surface area (Å²) in [5.41, 5.74) is 3.27. The Balaban J connectivity index is 1.87. The first-order valence-corrected chi connectivity index (χ1v) is 9.53. The van der Waals surface area contributed by atoms with Gasteiger partial charge in [-0.2, -0.15) is 0 Å². The average molecular weight is 390 g/mol. The second-order valence-corrected chi connectivity index (χ2v) is 7.00. The largest absolute Gasteiger partial charge is 0.497 e. The number of rotatable bonds is 5. The molecule has 0 unspecified atom stereocenters. The van der Waals surface area contributed by atoms with Crippen molar-refractivity contribution >= 4 is 17.2 Å². The number of hydrogen-bond donors (Lipinski definition) is 0. The van der Waals surface area contributed by atoms with Gasteiger partial charge in [0.2, 0.25) is 0 Å². The summed E-state index contributed by atoms with van der Waals surface area (Å²) < 4.78 is 12.1. The van der Waals surface area contributed by atoms with Crippen LogP contribution in [0.5, 0.6) is 11.5 Å². The first-order valence-electron chi connectivity index (χ1n) is 8.65. The van der Waals surface area contributed by atoms with Crippen LogP contribution >= 0.6 is 11.3 Å². The molecule has 2 aromatic carbocycles. The molecule has 0 fully saturated rings. The quantitative estimate of drug-likeness (QED) is 0.482. The van der Waals surface area contributed by atoms with Crippen LogP contribution in [0.1, 0.15) is 9.67 Å². The molecule has 0 spiro atoms. The molecule has 4 rings (SSSR count). The molecule has 0 amide bonds. The van der Waals surface area contributed by atoms with Gasteiger partial charge in [0.1, 0.15) is 17.8 Å². The number of hydrogen-bond acceptors (Lipinski definition) is 5. The normalized spacial score (nSPS) is 10.6. The molecule has 28 heavy (non-hydrogen) atoms. The minimum atomic E-state index is -0.104. The van der Waals surface area contributed by atoms with Crippen LogP contribution in [-0.4, -0.2) is 29.7 Å². The van der Waals surface area contributed by atoms with Crippen molar-refractivity contribution in [3.8, 4) is 34.0 Å². The Morgan fingerprint density at radius 2 is 1.50 bits per heavy atom. The predicted octanol–water partition coefficient (Wildman–Crippen LogP) is 4.98. The molecule has 2 heterocycles. The van der Waals surface area contributed by atoms with Gasteiger partial charge < -0.3 is 9.47 Å². The summed E-state index contributed by atoms with van der Waals surface area (Å²) in [4.78, 5) is 18.3. The maximum Gasteiger partial charge on any atom is 0.273 e. The molecule has 6 heteroatoms. The fourth-order valence-electron chi connectivity index (χ4n) is 3.01. The Hall–Kier alpha value is -3.38. The number of ether oxygens (including phenoxy) is 2. The molecule has 2 aromatic heterocycles. The highest BCUT2D eigenvalue weighted by Gasteiger charge is 2.21. The third-order valence-electron chi connectivity index (χ3n) is 4.45. The molecule has 0 atom stereocenters. The summed E-state index contributed by atoms with van der Waals surface area (Å²) >= 11 is 1.41. The summed E-state index contributed by atoms with van der Waals surface area (Å²) in [6.07, 6.45) is 1.58. The van der Waals surface area contributed by atoms with Gasteiger partial charge in [-0.05, 0) is 60.0 Å². The van der Waals surface area contributed by atoms with E-state index in [0.717, 1.165) is 34.0 Å². The van der Waals surface area contributed by atoms with Gasteiger partial charge in [0.25, 0.3) is 5.91 Å². The van der Waals surface area contributed by atoms with Gasteiger partial charge in [-0.3, -0.25) is 9.36 Å². The monoisotopic (exact) mass is 390 g/mol. The zero-order chi connectivity index (χ0) is 19.5. The Morgan fingerprint density at radius 3 is 2.04 bits per heavy atom. The van der Waals surface area contributed by atoms with E-state index in [4.69, 9.17) is 9.47 Å².